The first-order valence-corrected chi connectivity index (χ1v) is 6.29. The minimum atomic E-state index is -0.401. The lowest BCUT2D eigenvalue weighted by atomic mass is 10.1. The monoisotopic (exact) mass is 296 g/mol. The number of nitrogens with zero attached hydrogens (tertiary/aromatic N) is 1. The minimum Gasteiger partial charge on any atom is -0.495 e. The number of ketones is 1. The molecule has 1 aromatic rings. The number of carbonyl (C=O) groups excluding carboxylic acids is 3. The number of piperazine rings is 1. The summed E-state index contributed by atoms with van der Waals surface area (Å²) in [4.78, 5) is 36.0. The third-order valence-corrected chi connectivity index (χ3v) is 3.15. The van der Waals surface area contributed by atoms with Crippen molar-refractivity contribution in [2.24, 2.45) is 0 Å². The number of amides is 2. The summed E-state index contributed by atoms with van der Waals surface area (Å²) < 4.78 is 5.01. The molecule has 106 valence electrons. The van der Waals surface area contributed by atoms with E-state index in [1.165, 1.54) is 18.1 Å². The number of imide groups is 1. The molecule has 0 radical (unpaired) electrons. The Morgan fingerprint density at radius 3 is 2.55 bits per heavy atom. The van der Waals surface area contributed by atoms with Crippen LogP contribution in [0.5, 0.6) is 5.75 Å². The summed E-state index contributed by atoms with van der Waals surface area (Å²) in [6.45, 7) is 0.0462. The van der Waals surface area contributed by atoms with Gasteiger partial charge in [-0.1, -0.05) is 11.6 Å². The zero-order chi connectivity index (χ0) is 14.7. The van der Waals surface area contributed by atoms with Crippen molar-refractivity contribution in [3.05, 3.63) is 28.8 Å². The van der Waals surface area contributed by atoms with E-state index in [9.17, 15) is 14.4 Å². The lowest BCUT2D eigenvalue weighted by Crippen LogP contribution is -2.52. The highest BCUT2D eigenvalue weighted by Gasteiger charge is 2.24. The molecular formula is C13H13ClN2O4. The van der Waals surface area contributed by atoms with E-state index < -0.39 is 11.8 Å². The molecule has 1 heterocycles. The molecule has 0 aromatic heterocycles. The molecule has 0 unspecified atom stereocenters. The predicted molar refractivity (Wildman–Crippen MR) is 71.9 cm³/mol. The van der Waals surface area contributed by atoms with Crippen molar-refractivity contribution in [3.8, 4) is 5.75 Å². The van der Waals surface area contributed by atoms with Crippen molar-refractivity contribution in [3.63, 3.8) is 0 Å². The molecule has 0 spiro atoms. The molecule has 1 aliphatic heterocycles. The Morgan fingerprint density at radius 1 is 1.35 bits per heavy atom. The van der Waals surface area contributed by atoms with Crippen LogP contribution in [0.25, 0.3) is 0 Å². The fourth-order valence-corrected chi connectivity index (χ4v) is 2.20. The second-order valence-electron chi connectivity index (χ2n) is 4.39. The standard InChI is InChI=1S/C13H13ClN2O4/c1-20-11-3-2-8(4-9(11)14)10(17)5-16-6-12(18)15-13(19)7-16/h2-4H,5-7H2,1H3,(H,15,18,19). The Morgan fingerprint density at radius 2 is 2.00 bits per heavy atom. The lowest BCUT2D eigenvalue weighted by Gasteiger charge is -2.24. The topological polar surface area (TPSA) is 75.7 Å². The maximum atomic E-state index is 12.1. The van der Waals surface area contributed by atoms with Crippen molar-refractivity contribution >= 4 is 29.2 Å². The number of methoxy groups -OCH3 is 1. The SMILES string of the molecule is COc1ccc(C(=O)CN2CC(=O)NC(=O)C2)cc1Cl. The van der Waals surface area contributed by atoms with Crippen LogP contribution in [0.1, 0.15) is 10.4 Å². The van der Waals surface area contributed by atoms with Gasteiger partial charge < -0.3 is 4.74 Å². The number of nitrogens with one attached hydrogen (secondary N) is 1. The Kier molecular flexibility index (Phi) is 4.36. The highest BCUT2D eigenvalue weighted by atomic mass is 35.5. The Hall–Kier alpha value is -1.92. The Balaban J connectivity index is 2.06. The van der Waals surface area contributed by atoms with Gasteiger partial charge in [-0.25, -0.2) is 0 Å². The van der Waals surface area contributed by atoms with Crippen molar-refractivity contribution in [2.75, 3.05) is 26.7 Å². The van der Waals surface area contributed by atoms with E-state index >= 15 is 0 Å². The largest absolute Gasteiger partial charge is 0.495 e. The molecule has 6 nitrogen and oxygen atoms in total. The number of benzene rings is 1. The first kappa shape index (κ1) is 14.5. The van der Waals surface area contributed by atoms with Crippen molar-refractivity contribution in [1.82, 2.24) is 10.2 Å². The van der Waals surface area contributed by atoms with Gasteiger partial charge >= 0.3 is 0 Å². The van der Waals surface area contributed by atoms with E-state index in [1.807, 2.05) is 0 Å². The van der Waals surface area contributed by atoms with Gasteiger partial charge in [0.15, 0.2) is 5.78 Å². The van der Waals surface area contributed by atoms with E-state index in [-0.39, 0.29) is 25.4 Å². The van der Waals surface area contributed by atoms with Crippen LogP contribution in [0.4, 0.5) is 0 Å². The second kappa shape index (κ2) is 6.02. The molecule has 0 aliphatic carbocycles. The smallest absolute Gasteiger partial charge is 0.240 e. The Labute approximate surface area is 120 Å². The van der Waals surface area contributed by atoms with Crippen LogP contribution in [-0.2, 0) is 9.59 Å². The fourth-order valence-electron chi connectivity index (χ4n) is 1.94. The number of carbonyl (C=O) groups is 3. The van der Waals surface area contributed by atoms with E-state index in [1.54, 1.807) is 12.1 Å². The van der Waals surface area contributed by atoms with Crippen LogP contribution in [0.2, 0.25) is 5.02 Å². The summed E-state index contributed by atoms with van der Waals surface area (Å²) in [6, 6.07) is 4.71. The molecule has 1 N–H and O–H groups in total. The molecule has 0 atom stereocenters. The maximum Gasteiger partial charge on any atom is 0.240 e. The third kappa shape index (κ3) is 3.34. The quantitative estimate of drug-likeness (QED) is 0.646. The van der Waals surface area contributed by atoms with Gasteiger partial charge in [0, 0.05) is 5.56 Å². The summed E-state index contributed by atoms with van der Waals surface area (Å²) in [5.74, 6) is -0.531. The van der Waals surface area contributed by atoms with Gasteiger partial charge in [-0.2, -0.15) is 0 Å². The normalized spacial score (nSPS) is 15.9. The van der Waals surface area contributed by atoms with E-state index in [2.05, 4.69) is 5.32 Å². The molecule has 20 heavy (non-hydrogen) atoms. The number of ether oxygens (including phenoxy) is 1. The molecule has 0 bridgehead atoms. The number of hydrogen-bond donors (Lipinski definition) is 1. The van der Waals surface area contributed by atoms with Crippen molar-refractivity contribution < 1.29 is 19.1 Å². The van der Waals surface area contributed by atoms with Crippen LogP contribution < -0.4 is 10.1 Å². The lowest BCUT2D eigenvalue weighted by molar-refractivity contribution is -0.135. The van der Waals surface area contributed by atoms with Gasteiger partial charge in [-0.3, -0.25) is 24.6 Å². The number of rotatable bonds is 4. The summed E-state index contributed by atoms with van der Waals surface area (Å²) >= 11 is 5.95. The molecule has 2 amide bonds. The Bertz CT molecular complexity index is 557. The zero-order valence-corrected chi connectivity index (χ0v) is 11.6. The van der Waals surface area contributed by atoms with Crippen molar-refractivity contribution in [2.45, 2.75) is 0 Å². The number of halogens is 1. The van der Waals surface area contributed by atoms with Gasteiger partial charge in [-0.05, 0) is 18.2 Å². The second-order valence-corrected chi connectivity index (χ2v) is 4.80. The van der Waals surface area contributed by atoms with Crippen molar-refractivity contribution in [1.29, 1.82) is 0 Å². The summed E-state index contributed by atoms with van der Waals surface area (Å²) in [6.07, 6.45) is 0. The summed E-state index contributed by atoms with van der Waals surface area (Å²) in [5.41, 5.74) is 0.411. The van der Waals surface area contributed by atoms with Gasteiger partial charge in [-0.15, -0.1) is 0 Å². The van der Waals surface area contributed by atoms with Crippen LogP contribution >= 0.6 is 11.6 Å². The molecule has 1 aromatic carbocycles. The first-order chi connectivity index (χ1) is 9.49. The molecule has 0 saturated carbocycles. The molecule has 1 aliphatic rings. The number of hydrogen-bond acceptors (Lipinski definition) is 5. The molecular weight excluding hydrogens is 284 g/mol. The molecule has 1 fully saturated rings. The predicted octanol–water partition coefficient (Wildman–Crippen LogP) is 0.490. The molecule has 1 saturated heterocycles. The van der Waals surface area contributed by atoms with Crippen LogP contribution in [0.3, 0.4) is 0 Å². The summed E-state index contributed by atoms with van der Waals surface area (Å²) in [7, 11) is 1.49. The zero-order valence-electron chi connectivity index (χ0n) is 10.8. The average molecular weight is 297 g/mol. The van der Waals surface area contributed by atoms with Crippen LogP contribution in [-0.4, -0.2) is 49.2 Å². The van der Waals surface area contributed by atoms with Crippen LogP contribution in [0.15, 0.2) is 18.2 Å². The highest BCUT2D eigenvalue weighted by molar-refractivity contribution is 6.32. The summed E-state index contributed by atoms with van der Waals surface area (Å²) in [5, 5.41) is 2.52. The maximum absolute atomic E-state index is 12.1. The third-order valence-electron chi connectivity index (χ3n) is 2.85. The minimum absolute atomic E-state index is 0.0121. The van der Waals surface area contributed by atoms with Gasteiger partial charge in [0.1, 0.15) is 5.75 Å². The van der Waals surface area contributed by atoms with Gasteiger partial charge in [0.25, 0.3) is 0 Å². The van der Waals surface area contributed by atoms with E-state index in [0.717, 1.165) is 0 Å². The van der Waals surface area contributed by atoms with Gasteiger partial charge in [0.2, 0.25) is 11.8 Å². The van der Waals surface area contributed by atoms with Crippen LogP contribution in [0, 0.1) is 0 Å². The first-order valence-electron chi connectivity index (χ1n) is 5.91. The number of Topliss-reactive ketones (excluding diaryl/α,β-unsaturated/α-hetero) is 1. The van der Waals surface area contributed by atoms with E-state index in [0.29, 0.717) is 16.3 Å². The fraction of sp³-hybridized carbons (Fsp3) is 0.308. The van der Waals surface area contributed by atoms with E-state index in [4.69, 9.17) is 16.3 Å². The van der Waals surface area contributed by atoms with Gasteiger partial charge in [0.05, 0.1) is 31.8 Å². The average Bonchev–Trinajstić information content (AvgIpc) is 2.37. The highest BCUT2D eigenvalue weighted by Crippen LogP contribution is 2.25. The molecule has 7 heteroatoms. The molecule has 2 rings (SSSR count).